The third-order valence-electron chi connectivity index (χ3n) is 3.49. The molecule has 0 spiro atoms. The lowest BCUT2D eigenvalue weighted by Gasteiger charge is -2.17. The van der Waals surface area contributed by atoms with Crippen LogP contribution in [0.3, 0.4) is 0 Å². The van der Waals surface area contributed by atoms with Gasteiger partial charge in [-0.3, -0.25) is 0 Å². The van der Waals surface area contributed by atoms with E-state index in [9.17, 15) is 9.90 Å². The van der Waals surface area contributed by atoms with Crippen LogP contribution in [0, 0.1) is 6.92 Å². The Hall–Kier alpha value is -2.29. The lowest BCUT2D eigenvalue weighted by molar-refractivity contribution is -0.145. The molecule has 21 heavy (non-hydrogen) atoms. The number of hydrogen-bond donors (Lipinski definition) is 1. The molecule has 3 nitrogen and oxygen atoms in total. The molecule has 0 unspecified atom stereocenters. The topological polar surface area (TPSA) is 46.5 Å². The molecular weight excluding hydrogens is 264 g/mol. The second-order valence-corrected chi connectivity index (χ2v) is 5.08. The minimum absolute atomic E-state index is 0.355. The summed E-state index contributed by atoms with van der Waals surface area (Å²) < 4.78 is 5.67. The average molecular weight is 284 g/mol. The molecule has 2 aromatic carbocycles. The van der Waals surface area contributed by atoms with Crippen LogP contribution in [0.5, 0.6) is 5.75 Å². The van der Waals surface area contributed by atoms with Crippen molar-refractivity contribution < 1.29 is 14.6 Å². The largest absolute Gasteiger partial charge is 0.478 e. The first-order valence-electron chi connectivity index (χ1n) is 7.13. The van der Waals surface area contributed by atoms with Crippen molar-refractivity contribution >= 4 is 5.97 Å². The summed E-state index contributed by atoms with van der Waals surface area (Å²) in [4.78, 5) is 11.4. The summed E-state index contributed by atoms with van der Waals surface area (Å²) >= 11 is 0. The van der Waals surface area contributed by atoms with Crippen LogP contribution < -0.4 is 4.74 Å². The molecule has 3 heteroatoms. The van der Waals surface area contributed by atoms with Crippen LogP contribution in [-0.4, -0.2) is 17.2 Å². The highest BCUT2D eigenvalue weighted by Gasteiger charge is 2.20. The van der Waals surface area contributed by atoms with E-state index in [2.05, 4.69) is 6.92 Å². The molecule has 110 valence electrons. The molecule has 0 amide bonds. The van der Waals surface area contributed by atoms with E-state index in [4.69, 9.17) is 4.74 Å². The summed E-state index contributed by atoms with van der Waals surface area (Å²) in [7, 11) is 0. The summed E-state index contributed by atoms with van der Waals surface area (Å²) in [6.07, 6.45) is 0.453. The van der Waals surface area contributed by atoms with Crippen molar-refractivity contribution in [1.82, 2.24) is 0 Å². The Morgan fingerprint density at radius 3 is 2.29 bits per heavy atom. The molecule has 0 saturated heterocycles. The number of aryl methyl sites for hydroxylation is 2. The molecule has 1 N–H and O–H groups in total. The molecule has 0 fully saturated rings. The highest BCUT2D eigenvalue weighted by atomic mass is 16.5. The minimum atomic E-state index is -0.946. The molecule has 0 heterocycles. The first-order chi connectivity index (χ1) is 10.1. The maximum atomic E-state index is 11.4. The summed E-state index contributed by atoms with van der Waals surface area (Å²) in [6.45, 7) is 4.00. The fraction of sp³-hybridized carbons (Fsp3) is 0.278. The lowest BCUT2D eigenvalue weighted by atomic mass is 10.0. The van der Waals surface area contributed by atoms with E-state index in [-0.39, 0.29) is 0 Å². The van der Waals surface area contributed by atoms with Crippen molar-refractivity contribution in [1.29, 1.82) is 0 Å². The Bertz CT molecular complexity index is 602. The normalized spacial score (nSPS) is 11.9. The van der Waals surface area contributed by atoms with Gasteiger partial charge in [-0.25, -0.2) is 4.79 Å². The number of aliphatic carboxylic acids is 1. The van der Waals surface area contributed by atoms with Crippen molar-refractivity contribution in [3.05, 3.63) is 65.2 Å². The van der Waals surface area contributed by atoms with Crippen LogP contribution in [0.4, 0.5) is 0 Å². The standard InChI is InChI=1S/C18H20O3/c1-3-14-8-10-15(11-9-14)12-17(18(19)20)21-16-7-5-4-6-13(16)2/h4-11,17H,3,12H2,1-2H3,(H,19,20)/t17-/m1/s1. The van der Waals surface area contributed by atoms with Crippen LogP contribution >= 0.6 is 0 Å². The number of carboxylic acids is 1. The van der Waals surface area contributed by atoms with E-state index in [0.29, 0.717) is 12.2 Å². The summed E-state index contributed by atoms with van der Waals surface area (Å²) in [5.41, 5.74) is 3.14. The number of para-hydroxylation sites is 1. The van der Waals surface area contributed by atoms with Crippen LogP contribution in [0.15, 0.2) is 48.5 Å². The van der Waals surface area contributed by atoms with Gasteiger partial charge in [-0.05, 0) is 36.1 Å². The fourth-order valence-corrected chi connectivity index (χ4v) is 2.15. The molecule has 0 saturated carbocycles. The third-order valence-corrected chi connectivity index (χ3v) is 3.49. The number of benzene rings is 2. The molecule has 0 aliphatic rings. The number of carbonyl (C=O) groups is 1. The zero-order chi connectivity index (χ0) is 15.2. The van der Waals surface area contributed by atoms with E-state index in [1.54, 1.807) is 6.07 Å². The zero-order valence-electron chi connectivity index (χ0n) is 12.4. The molecule has 2 aromatic rings. The Morgan fingerprint density at radius 1 is 1.10 bits per heavy atom. The monoisotopic (exact) mass is 284 g/mol. The van der Waals surface area contributed by atoms with E-state index in [1.807, 2.05) is 49.4 Å². The Balaban J connectivity index is 2.12. The molecule has 0 aliphatic heterocycles. The van der Waals surface area contributed by atoms with Crippen molar-refractivity contribution in [2.24, 2.45) is 0 Å². The quantitative estimate of drug-likeness (QED) is 0.881. The second-order valence-electron chi connectivity index (χ2n) is 5.08. The summed E-state index contributed by atoms with van der Waals surface area (Å²) in [5, 5.41) is 9.36. The Morgan fingerprint density at radius 2 is 1.71 bits per heavy atom. The van der Waals surface area contributed by atoms with Crippen LogP contribution in [0.25, 0.3) is 0 Å². The van der Waals surface area contributed by atoms with Gasteiger partial charge in [0.1, 0.15) is 5.75 Å². The summed E-state index contributed by atoms with van der Waals surface area (Å²) in [6, 6.07) is 15.4. The van der Waals surface area contributed by atoms with Gasteiger partial charge in [0.2, 0.25) is 0 Å². The maximum Gasteiger partial charge on any atom is 0.345 e. The van der Waals surface area contributed by atoms with E-state index >= 15 is 0 Å². The van der Waals surface area contributed by atoms with Crippen LogP contribution in [-0.2, 0) is 17.6 Å². The molecule has 2 rings (SSSR count). The highest BCUT2D eigenvalue weighted by molar-refractivity contribution is 5.73. The SMILES string of the molecule is CCc1ccc(C[C@@H](Oc2ccccc2C)C(=O)O)cc1. The van der Waals surface area contributed by atoms with Gasteiger partial charge in [0.25, 0.3) is 0 Å². The Labute approximate surface area is 125 Å². The van der Waals surface area contributed by atoms with Crippen LogP contribution in [0.2, 0.25) is 0 Å². The molecule has 0 radical (unpaired) electrons. The van der Waals surface area contributed by atoms with Crippen LogP contribution in [0.1, 0.15) is 23.6 Å². The van der Waals surface area contributed by atoms with Crippen molar-refractivity contribution in [3.8, 4) is 5.75 Å². The first kappa shape index (κ1) is 15.1. The Kier molecular flexibility index (Phi) is 4.99. The average Bonchev–Trinajstić information content (AvgIpc) is 2.49. The van der Waals surface area contributed by atoms with Gasteiger partial charge in [-0.15, -0.1) is 0 Å². The molecule has 0 aromatic heterocycles. The predicted octanol–water partition coefficient (Wildman–Crippen LogP) is 3.63. The van der Waals surface area contributed by atoms with Gasteiger partial charge in [0.15, 0.2) is 6.10 Å². The molecular formula is C18H20O3. The third kappa shape index (κ3) is 4.09. The van der Waals surface area contributed by atoms with E-state index in [0.717, 1.165) is 17.5 Å². The number of ether oxygens (including phenoxy) is 1. The fourth-order valence-electron chi connectivity index (χ4n) is 2.15. The molecule has 0 aliphatic carbocycles. The van der Waals surface area contributed by atoms with Crippen molar-refractivity contribution in [2.45, 2.75) is 32.8 Å². The van der Waals surface area contributed by atoms with Gasteiger partial charge in [-0.2, -0.15) is 0 Å². The van der Waals surface area contributed by atoms with Crippen molar-refractivity contribution in [3.63, 3.8) is 0 Å². The predicted molar refractivity (Wildman–Crippen MR) is 82.8 cm³/mol. The van der Waals surface area contributed by atoms with Gasteiger partial charge < -0.3 is 9.84 Å². The van der Waals surface area contributed by atoms with E-state index < -0.39 is 12.1 Å². The maximum absolute atomic E-state index is 11.4. The van der Waals surface area contributed by atoms with Gasteiger partial charge in [-0.1, -0.05) is 49.4 Å². The zero-order valence-corrected chi connectivity index (χ0v) is 12.4. The number of carboxylic acid groups (broad SMARTS) is 1. The first-order valence-corrected chi connectivity index (χ1v) is 7.13. The summed E-state index contributed by atoms with van der Waals surface area (Å²) in [5.74, 6) is -0.326. The second kappa shape index (κ2) is 6.93. The van der Waals surface area contributed by atoms with E-state index in [1.165, 1.54) is 5.56 Å². The highest BCUT2D eigenvalue weighted by Crippen LogP contribution is 2.19. The van der Waals surface area contributed by atoms with Gasteiger partial charge in [0, 0.05) is 6.42 Å². The van der Waals surface area contributed by atoms with Gasteiger partial charge in [0.05, 0.1) is 0 Å². The lowest BCUT2D eigenvalue weighted by Crippen LogP contribution is -2.29. The number of rotatable bonds is 6. The molecule has 1 atom stereocenters. The minimum Gasteiger partial charge on any atom is -0.478 e. The molecule has 0 bridgehead atoms. The van der Waals surface area contributed by atoms with Gasteiger partial charge >= 0.3 is 5.97 Å². The smallest absolute Gasteiger partial charge is 0.345 e. The number of hydrogen-bond acceptors (Lipinski definition) is 2. The van der Waals surface area contributed by atoms with Crippen molar-refractivity contribution in [2.75, 3.05) is 0 Å².